The fourth-order valence-electron chi connectivity index (χ4n) is 2.93. The Balaban J connectivity index is 1.90. The van der Waals surface area contributed by atoms with Gasteiger partial charge in [-0.2, -0.15) is 0 Å². The molecule has 0 saturated carbocycles. The lowest BCUT2D eigenvalue weighted by molar-refractivity contribution is 0.614. The van der Waals surface area contributed by atoms with E-state index in [1.807, 2.05) is 37.3 Å². The Morgan fingerprint density at radius 2 is 1.68 bits per heavy atom. The van der Waals surface area contributed by atoms with Crippen LogP contribution in [0.5, 0.6) is 0 Å². The molecule has 0 aliphatic rings. The van der Waals surface area contributed by atoms with E-state index in [1.54, 1.807) is 24.5 Å². The highest BCUT2D eigenvalue weighted by Gasteiger charge is 2.09. The first-order valence-corrected chi connectivity index (χ1v) is 10.3. The Morgan fingerprint density at radius 3 is 2.29 bits per heavy atom. The zero-order valence-electron chi connectivity index (χ0n) is 15.6. The van der Waals surface area contributed by atoms with Gasteiger partial charge in [-0.1, -0.05) is 43.7 Å². The van der Waals surface area contributed by atoms with E-state index in [4.69, 9.17) is 11.1 Å². The van der Waals surface area contributed by atoms with Crippen LogP contribution in [-0.4, -0.2) is 24.1 Å². The topological polar surface area (TPSA) is 110 Å². The van der Waals surface area contributed by atoms with Crippen molar-refractivity contribution in [2.24, 2.45) is 0 Å². The van der Waals surface area contributed by atoms with Crippen LogP contribution in [0.15, 0.2) is 54.9 Å². The number of benzene rings is 1. The number of anilines is 1. The Kier molecular flexibility index (Phi) is 6.16. The molecule has 144 valence electrons. The van der Waals surface area contributed by atoms with E-state index < -0.39 is 10.7 Å². The SMILES string of the molecule is CCCC(=N)c1ccc(-c2cc(-c3ccc(C[SH](=O)=O)cc3)cnc2N)cn1. The van der Waals surface area contributed by atoms with Gasteiger partial charge in [0, 0.05) is 29.1 Å². The molecular weight excluding hydrogens is 372 g/mol. The van der Waals surface area contributed by atoms with Crippen molar-refractivity contribution in [3.05, 3.63) is 66.1 Å². The van der Waals surface area contributed by atoms with Crippen LogP contribution >= 0.6 is 0 Å². The summed E-state index contributed by atoms with van der Waals surface area (Å²) in [5.74, 6) is 0.438. The van der Waals surface area contributed by atoms with Crippen LogP contribution in [0, 0.1) is 5.41 Å². The van der Waals surface area contributed by atoms with Gasteiger partial charge in [-0.25, -0.2) is 13.4 Å². The molecule has 2 heterocycles. The molecule has 0 saturated heterocycles. The van der Waals surface area contributed by atoms with Crippen LogP contribution in [0.1, 0.15) is 31.0 Å². The van der Waals surface area contributed by atoms with Crippen LogP contribution in [0.4, 0.5) is 5.82 Å². The summed E-state index contributed by atoms with van der Waals surface area (Å²) in [6.45, 7) is 2.04. The van der Waals surface area contributed by atoms with Crippen LogP contribution in [0.2, 0.25) is 0 Å². The summed E-state index contributed by atoms with van der Waals surface area (Å²) in [6, 6.07) is 13.0. The van der Waals surface area contributed by atoms with E-state index in [9.17, 15) is 8.42 Å². The average molecular weight is 395 g/mol. The number of rotatable bonds is 7. The molecule has 0 aliphatic carbocycles. The standard InChI is InChI=1S/C21H22N4O2S/c1-2-3-19(22)20-9-8-16(11-24-20)18-10-17(12-25-21(18)23)15-6-4-14(5-7-15)13-28(26)27/h4-12,22,28H,2-3,13H2,1H3,(H2,23,25). The van der Waals surface area contributed by atoms with Gasteiger partial charge >= 0.3 is 0 Å². The second-order valence-electron chi connectivity index (χ2n) is 6.51. The van der Waals surface area contributed by atoms with E-state index >= 15 is 0 Å². The van der Waals surface area contributed by atoms with E-state index in [0.29, 0.717) is 23.6 Å². The molecule has 3 rings (SSSR count). The molecule has 0 spiro atoms. The van der Waals surface area contributed by atoms with Gasteiger partial charge in [0.15, 0.2) is 0 Å². The van der Waals surface area contributed by atoms with Gasteiger partial charge in [0.1, 0.15) is 16.5 Å². The largest absolute Gasteiger partial charge is 0.383 e. The highest BCUT2D eigenvalue weighted by atomic mass is 32.2. The number of nitrogens with zero attached hydrogens (tertiary/aromatic N) is 2. The number of nitrogens with one attached hydrogen (secondary N) is 1. The first-order valence-electron chi connectivity index (χ1n) is 8.98. The normalized spacial score (nSPS) is 10.9. The highest BCUT2D eigenvalue weighted by Crippen LogP contribution is 2.29. The van der Waals surface area contributed by atoms with Gasteiger partial charge < -0.3 is 11.1 Å². The van der Waals surface area contributed by atoms with E-state index in [2.05, 4.69) is 9.97 Å². The number of hydrogen-bond donors (Lipinski definition) is 3. The third kappa shape index (κ3) is 4.61. The molecule has 0 amide bonds. The van der Waals surface area contributed by atoms with Crippen molar-refractivity contribution in [2.75, 3.05) is 5.73 Å². The second-order valence-corrected chi connectivity index (χ2v) is 7.49. The average Bonchev–Trinajstić information content (AvgIpc) is 2.69. The van der Waals surface area contributed by atoms with Gasteiger partial charge in [0.05, 0.1) is 17.2 Å². The van der Waals surface area contributed by atoms with E-state index in [1.165, 1.54) is 0 Å². The van der Waals surface area contributed by atoms with Crippen molar-refractivity contribution in [1.29, 1.82) is 5.41 Å². The minimum Gasteiger partial charge on any atom is -0.383 e. The van der Waals surface area contributed by atoms with Crippen LogP contribution in [-0.2, 0) is 16.5 Å². The zero-order chi connectivity index (χ0) is 20.1. The fourth-order valence-corrected chi connectivity index (χ4v) is 3.43. The Hall–Kier alpha value is -3.06. The minimum absolute atomic E-state index is 0.0336. The van der Waals surface area contributed by atoms with Crippen molar-refractivity contribution in [2.45, 2.75) is 25.5 Å². The maximum Gasteiger partial charge on any atom is 0.144 e. The monoisotopic (exact) mass is 394 g/mol. The van der Waals surface area contributed by atoms with Crippen molar-refractivity contribution in [1.82, 2.24) is 9.97 Å². The summed E-state index contributed by atoms with van der Waals surface area (Å²) in [7, 11) is -2.44. The smallest absolute Gasteiger partial charge is 0.144 e. The predicted molar refractivity (Wildman–Crippen MR) is 113 cm³/mol. The summed E-state index contributed by atoms with van der Waals surface area (Å²) in [6.07, 6.45) is 5.01. The molecule has 0 atom stereocenters. The molecule has 0 bridgehead atoms. The molecule has 6 nitrogen and oxygen atoms in total. The van der Waals surface area contributed by atoms with Crippen molar-refractivity contribution in [3.8, 4) is 22.3 Å². The summed E-state index contributed by atoms with van der Waals surface area (Å²) in [5, 5.41) is 8.02. The predicted octanol–water partition coefficient (Wildman–Crippen LogP) is 3.67. The Labute approximate surface area is 165 Å². The van der Waals surface area contributed by atoms with Gasteiger partial charge in [-0.05, 0) is 29.7 Å². The lowest BCUT2D eigenvalue weighted by atomic mass is 10.0. The van der Waals surface area contributed by atoms with Crippen molar-refractivity contribution < 1.29 is 8.42 Å². The summed E-state index contributed by atoms with van der Waals surface area (Å²) < 4.78 is 21.7. The van der Waals surface area contributed by atoms with Crippen molar-refractivity contribution in [3.63, 3.8) is 0 Å². The Bertz CT molecular complexity index is 1050. The number of nitrogens with two attached hydrogens (primary N) is 1. The maximum atomic E-state index is 10.9. The summed E-state index contributed by atoms with van der Waals surface area (Å²) in [4.78, 5) is 8.69. The van der Waals surface area contributed by atoms with Gasteiger partial charge in [0.2, 0.25) is 0 Å². The quantitative estimate of drug-likeness (QED) is 0.418. The molecular formula is C21H22N4O2S. The molecule has 1 aromatic carbocycles. The van der Waals surface area contributed by atoms with Crippen LogP contribution in [0.3, 0.4) is 0 Å². The zero-order valence-corrected chi connectivity index (χ0v) is 16.4. The minimum atomic E-state index is -2.44. The first-order chi connectivity index (χ1) is 13.5. The van der Waals surface area contributed by atoms with Crippen LogP contribution in [0.25, 0.3) is 22.3 Å². The molecule has 0 unspecified atom stereocenters. The number of pyridine rings is 2. The van der Waals surface area contributed by atoms with Gasteiger partial charge in [-0.3, -0.25) is 4.98 Å². The maximum absolute atomic E-state index is 10.9. The van der Waals surface area contributed by atoms with Gasteiger partial charge in [-0.15, -0.1) is 0 Å². The van der Waals surface area contributed by atoms with Crippen LogP contribution < -0.4 is 5.73 Å². The molecule has 3 N–H and O–H groups in total. The third-order valence-electron chi connectivity index (χ3n) is 4.40. The van der Waals surface area contributed by atoms with Gasteiger partial charge in [0.25, 0.3) is 0 Å². The fraction of sp³-hybridized carbons (Fsp3) is 0.190. The molecule has 0 aliphatic heterocycles. The number of thiol groups is 1. The first kappa shape index (κ1) is 19.7. The summed E-state index contributed by atoms with van der Waals surface area (Å²) >= 11 is 0. The van der Waals surface area contributed by atoms with E-state index in [0.717, 1.165) is 34.2 Å². The third-order valence-corrected chi connectivity index (χ3v) is 5.02. The van der Waals surface area contributed by atoms with E-state index in [-0.39, 0.29) is 5.75 Å². The van der Waals surface area contributed by atoms with Crippen molar-refractivity contribution >= 4 is 22.2 Å². The Morgan fingerprint density at radius 1 is 1.00 bits per heavy atom. The molecule has 2 aromatic heterocycles. The highest BCUT2D eigenvalue weighted by molar-refractivity contribution is 7.71. The number of hydrogen-bond acceptors (Lipinski definition) is 6. The molecule has 7 heteroatoms. The lowest BCUT2D eigenvalue weighted by Gasteiger charge is -2.10. The molecule has 28 heavy (non-hydrogen) atoms. The molecule has 3 aromatic rings. The lowest BCUT2D eigenvalue weighted by Crippen LogP contribution is -2.02. The number of aromatic nitrogens is 2. The molecule has 0 fully saturated rings. The second kappa shape index (κ2) is 8.75. The summed E-state index contributed by atoms with van der Waals surface area (Å²) in [5.41, 5.74) is 11.4. The number of nitrogen functional groups attached to an aromatic ring is 1. The molecule has 0 radical (unpaired) electrons.